The molecule has 9 nitrogen and oxygen atoms in total. The highest BCUT2D eigenvalue weighted by molar-refractivity contribution is 7.14. The zero-order chi connectivity index (χ0) is 30.3. The van der Waals surface area contributed by atoms with Gasteiger partial charge in [0.2, 0.25) is 5.91 Å². The number of fused-ring (bicyclic) bond motifs is 1. The van der Waals surface area contributed by atoms with Crippen LogP contribution in [0, 0.1) is 5.82 Å². The Hall–Kier alpha value is -4.35. The van der Waals surface area contributed by atoms with E-state index in [9.17, 15) is 18.8 Å². The van der Waals surface area contributed by atoms with E-state index in [1.807, 2.05) is 25.1 Å². The Morgan fingerprint density at radius 1 is 1.07 bits per heavy atom. The number of benzene rings is 2. The van der Waals surface area contributed by atoms with E-state index in [2.05, 4.69) is 20.9 Å². The maximum Gasteiger partial charge on any atom is 0.293 e. The van der Waals surface area contributed by atoms with Gasteiger partial charge < -0.3 is 20.1 Å². The first-order valence-corrected chi connectivity index (χ1v) is 15.1. The molecule has 43 heavy (non-hydrogen) atoms. The predicted molar refractivity (Wildman–Crippen MR) is 167 cm³/mol. The van der Waals surface area contributed by atoms with E-state index in [0.29, 0.717) is 34.9 Å². The molecule has 1 aliphatic heterocycles. The molecule has 2 aromatic carbocycles. The van der Waals surface area contributed by atoms with E-state index < -0.39 is 11.4 Å². The second kappa shape index (κ2) is 11.4. The number of aromatic nitrogens is 2. The molecule has 1 saturated heterocycles. The third kappa shape index (κ3) is 5.57. The first-order valence-electron chi connectivity index (χ1n) is 14.3. The summed E-state index contributed by atoms with van der Waals surface area (Å²) in [7, 11) is 3.41. The number of anilines is 3. The maximum atomic E-state index is 14.8. The van der Waals surface area contributed by atoms with E-state index >= 15 is 0 Å². The highest BCUT2D eigenvalue weighted by Crippen LogP contribution is 2.31. The van der Waals surface area contributed by atoms with Crippen LogP contribution in [0.2, 0.25) is 0 Å². The summed E-state index contributed by atoms with van der Waals surface area (Å²) in [5.41, 5.74) is 2.47. The largest absolute Gasteiger partial charge is 0.343 e. The lowest BCUT2D eigenvalue weighted by molar-refractivity contribution is -0.139. The van der Waals surface area contributed by atoms with Gasteiger partial charge in [0.25, 0.3) is 11.5 Å². The summed E-state index contributed by atoms with van der Waals surface area (Å²) in [6.07, 6.45) is 5.75. The maximum absolute atomic E-state index is 14.8. The summed E-state index contributed by atoms with van der Waals surface area (Å²) < 4.78 is 16.2. The highest BCUT2D eigenvalue weighted by atomic mass is 32.1. The standard InChI is InChI=1S/C32H33FN6O3S/c1-32(31(42)38(2)15-14-34-32)21-9-11-22(12-10-21)35-28-30(41)39(3)18-25(36-28)19-8-13-23(33)24(16-19)37-29(40)27-17-20-6-4-5-7-26(20)43-27/h8-13,16-18,34H,4-7,14-15H2,1-3H3,(H,35,36)(H,37,40). The van der Waals surface area contributed by atoms with E-state index in [1.54, 1.807) is 43.4 Å². The van der Waals surface area contributed by atoms with Gasteiger partial charge in [-0.1, -0.05) is 12.1 Å². The number of thiophene rings is 1. The summed E-state index contributed by atoms with van der Waals surface area (Å²) >= 11 is 1.47. The normalized spacial score (nSPS) is 18.3. The van der Waals surface area contributed by atoms with Crippen LogP contribution >= 0.6 is 11.3 Å². The molecule has 0 saturated carbocycles. The molecular weight excluding hydrogens is 567 g/mol. The summed E-state index contributed by atoms with van der Waals surface area (Å²) in [5, 5.41) is 9.12. The van der Waals surface area contributed by atoms with Crippen molar-refractivity contribution in [2.45, 2.75) is 38.1 Å². The quantitative estimate of drug-likeness (QED) is 0.294. The van der Waals surface area contributed by atoms with Crippen molar-refractivity contribution in [3.8, 4) is 11.3 Å². The molecule has 0 radical (unpaired) electrons. The fourth-order valence-electron chi connectivity index (χ4n) is 5.68. The minimum absolute atomic E-state index is 0.00735. The van der Waals surface area contributed by atoms with Crippen molar-refractivity contribution in [1.29, 1.82) is 0 Å². The van der Waals surface area contributed by atoms with Gasteiger partial charge in [0, 0.05) is 49.5 Å². The Morgan fingerprint density at radius 2 is 1.84 bits per heavy atom. The lowest BCUT2D eigenvalue weighted by Crippen LogP contribution is -2.59. The van der Waals surface area contributed by atoms with Gasteiger partial charge in [-0.3, -0.25) is 19.7 Å². The number of hydrogen-bond acceptors (Lipinski definition) is 7. The molecule has 2 aromatic heterocycles. The summed E-state index contributed by atoms with van der Waals surface area (Å²) in [6.45, 7) is 3.20. The van der Waals surface area contributed by atoms with Crippen LogP contribution in [-0.2, 0) is 30.2 Å². The lowest BCUT2D eigenvalue weighted by atomic mass is 9.88. The van der Waals surface area contributed by atoms with E-state index in [0.717, 1.165) is 31.2 Å². The smallest absolute Gasteiger partial charge is 0.293 e. The van der Waals surface area contributed by atoms with Crippen LogP contribution in [0.5, 0.6) is 0 Å². The fraction of sp³-hybridized carbons (Fsp3) is 0.312. The number of rotatable bonds is 6. The lowest BCUT2D eigenvalue weighted by Gasteiger charge is -2.39. The Balaban J connectivity index is 1.23. The Labute approximate surface area is 252 Å². The number of nitrogens with one attached hydrogen (secondary N) is 3. The number of piperazine rings is 1. The van der Waals surface area contributed by atoms with Crippen molar-refractivity contribution in [2.75, 3.05) is 30.8 Å². The predicted octanol–water partition coefficient (Wildman–Crippen LogP) is 4.80. The summed E-state index contributed by atoms with van der Waals surface area (Å²) in [5.74, 6) is -0.829. The van der Waals surface area contributed by atoms with Gasteiger partial charge >= 0.3 is 0 Å². The molecule has 0 bridgehead atoms. The highest BCUT2D eigenvalue weighted by Gasteiger charge is 2.39. The number of hydrogen-bond donors (Lipinski definition) is 3. The average molecular weight is 601 g/mol. The Bertz CT molecular complexity index is 1760. The minimum atomic E-state index is -0.835. The van der Waals surface area contributed by atoms with Crippen molar-refractivity contribution in [3.05, 3.63) is 91.8 Å². The van der Waals surface area contributed by atoms with Crippen LogP contribution in [-0.4, -0.2) is 46.4 Å². The number of aryl methyl sites for hydroxylation is 3. The van der Waals surface area contributed by atoms with Crippen molar-refractivity contribution in [1.82, 2.24) is 19.8 Å². The van der Waals surface area contributed by atoms with Crippen LogP contribution in [0.25, 0.3) is 11.3 Å². The van der Waals surface area contributed by atoms with Crippen molar-refractivity contribution >= 4 is 40.3 Å². The van der Waals surface area contributed by atoms with Crippen molar-refractivity contribution in [2.24, 2.45) is 7.05 Å². The van der Waals surface area contributed by atoms with Crippen LogP contribution in [0.4, 0.5) is 21.6 Å². The number of halogens is 1. The number of carbonyl (C=O) groups excluding carboxylic acids is 2. The molecule has 1 atom stereocenters. The van der Waals surface area contributed by atoms with Crippen LogP contribution in [0.15, 0.2) is 59.5 Å². The van der Waals surface area contributed by atoms with Crippen LogP contribution < -0.4 is 21.5 Å². The Kier molecular flexibility index (Phi) is 7.61. The van der Waals surface area contributed by atoms with Gasteiger partial charge in [-0.25, -0.2) is 9.37 Å². The first kappa shape index (κ1) is 28.8. The van der Waals surface area contributed by atoms with Gasteiger partial charge in [0.1, 0.15) is 11.4 Å². The summed E-state index contributed by atoms with van der Waals surface area (Å²) in [6, 6.07) is 13.6. The molecule has 2 aliphatic rings. The number of nitrogens with zero attached hydrogens (tertiary/aromatic N) is 3. The zero-order valence-electron chi connectivity index (χ0n) is 24.3. The molecule has 11 heteroatoms. The molecule has 4 aromatic rings. The zero-order valence-corrected chi connectivity index (χ0v) is 25.1. The summed E-state index contributed by atoms with van der Waals surface area (Å²) in [4.78, 5) is 46.9. The minimum Gasteiger partial charge on any atom is -0.343 e. The fourth-order valence-corrected chi connectivity index (χ4v) is 6.82. The molecular formula is C32H33FN6O3S. The van der Waals surface area contributed by atoms with Crippen LogP contribution in [0.1, 0.15) is 45.4 Å². The second-order valence-corrected chi connectivity index (χ2v) is 12.4. The van der Waals surface area contributed by atoms with Crippen LogP contribution in [0.3, 0.4) is 0 Å². The molecule has 1 unspecified atom stereocenters. The average Bonchev–Trinajstić information content (AvgIpc) is 3.44. The van der Waals surface area contributed by atoms with E-state index in [4.69, 9.17) is 0 Å². The SMILES string of the molecule is CN1CCNC(C)(c2ccc(Nc3nc(-c4ccc(F)c(NC(=O)c5cc6c(s5)CCCC6)c4)cn(C)c3=O)cc2)C1=O. The molecule has 3 N–H and O–H groups in total. The van der Waals surface area contributed by atoms with E-state index in [1.165, 1.54) is 38.5 Å². The van der Waals surface area contributed by atoms with Crippen molar-refractivity contribution in [3.63, 3.8) is 0 Å². The number of likely N-dealkylation sites (N-methyl/N-ethyl adjacent to an activating group) is 1. The van der Waals surface area contributed by atoms with Gasteiger partial charge in [-0.05, 0) is 80.1 Å². The van der Waals surface area contributed by atoms with Gasteiger partial charge in [-0.2, -0.15) is 0 Å². The monoisotopic (exact) mass is 600 g/mol. The molecule has 222 valence electrons. The molecule has 1 aliphatic carbocycles. The number of amides is 2. The molecule has 0 spiro atoms. The van der Waals surface area contributed by atoms with Crippen molar-refractivity contribution < 1.29 is 14.0 Å². The molecule has 1 fully saturated rings. The second-order valence-electron chi connectivity index (χ2n) is 11.3. The molecule has 3 heterocycles. The van der Waals surface area contributed by atoms with Gasteiger partial charge in [0.05, 0.1) is 16.3 Å². The van der Waals surface area contributed by atoms with Gasteiger partial charge in [-0.15, -0.1) is 11.3 Å². The van der Waals surface area contributed by atoms with Gasteiger partial charge in [0.15, 0.2) is 5.82 Å². The Morgan fingerprint density at radius 3 is 2.60 bits per heavy atom. The van der Waals surface area contributed by atoms with E-state index in [-0.39, 0.29) is 28.9 Å². The number of carbonyl (C=O) groups is 2. The molecule has 2 amide bonds. The first-order chi connectivity index (χ1) is 20.6. The third-order valence-electron chi connectivity index (χ3n) is 8.23. The third-order valence-corrected chi connectivity index (χ3v) is 9.46. The topological polar surface area (TPSA) is 108 Å². The molecule has 6 rings (SSSR count).